The fourth-order valence-corrected chi connectivity index (χ4v) is 3.98. The predicted molar refractivity (Wildman–Crippen MR) is 110 cm³/mol. The van der Waals surface area contributed by atoms with E-state index in [1.54, 1.807) is 7.11 Å². The molecule has 1 N–H and O–H groups in total. The van der Waals surface area contributed by atoms with Crippen LogP contribution < -0.4 is 4.74 Å². The standard InChI is InChI=1S/C22H23ClN2O3/c1-14-13-28-21(17-5-3-4-6-19(17)23)12-25(14)22(26)9-15-11-24-20-8-7-16(27-2)10-18(15)20/h3-8,10-11,14,21,24H,9,12-13H2,1-2H3. The highest BCUT2D eigenvalue weighted by molar-refractivity contribution is 6.31. The highest BCUT2D eigenvalue weighted by atomic mass is 35.5. The molecule has 0 saturated carbocycles. The number of amides is 1. The number of aromatic amines is 1. The highest BCUT2D eigenvalue weighted by Gasteiger charge is 2.31. The summed E-state index contributed by atoms with van der Waals surface area (Å²) in [6.07, 6.45) is 2.02. The lowest BCUT2D eigenvalue weighted by Gasteiger charge is -2.38. The van der Waals surface area contributed by atoms with Gasteiger partial charge in [-0.15, -0.1) is 0 Å². The second-order valence-electron chi connectivity index (χ2n) is 7.14. The molecule has 0 radical (unpaired) electrons. The van der Waals surface area contributed by atoms with Crippen LogP contribution in [0.3, 0.4) is 0 Å². The Morgan fingerprint density at radius 2 is 2.14 bits per heavy atom. The van der Waals surface area contributed by atoms with Gasteiger partial charge in [0.1, 0.15) is 11.9 Å². The summed E-state index contributed by atoms with van der Waals surface area (Å²) in [4.78, 5) is 18.3. The summed E-state index contributed by atoms with van der Waals surface area (Å²) in [5.74, 6) is 0.857. The maximum absolute atomic E-state index is 13.1. The zero-order chi connectivity index (χ0) is 19.7. The summed E-state index contributed by atoms with van der Waals surface area (Å²) in [5.41, 5.74) is 2.88. The van der Waals surface area contributed by atoms with Gasteiger partial charge in [-0.25, -0.2) is 0 Å². The molecule has 1 amide bonds. The van der Waals surface area contributed by atoms with Crippen molar-refractivity contribution in [3.8, 4) is 5.75 Å². The second-order valence-corrected chi connectivity index (χ2v) is 7.55. The Kier molecular flexibility index (Phi) is 5.29. The third-order valence-electron chi connectivity index (χ3n) is 5.32. The normalized spacial score (nSPS) is 19.8. The van der Waals surface area contributed by atoms with Crippen LogP contribution in [0, 0.1) is 0 Å². The molecule has 28 heavy (non-hydrogen) atoms. The number of H-pyrrole nitrogens is 1. The topological polar surface area (TPSA) is 54.6 Å². The van der Waals surface area contributed by atoms with Gasteiger partial charge in [-0.2, -0.15) is 0 Å². The monoisotopic (exact) mass is 398 g/mol. The van der Waals surface area contributed by atoms with Gasteiger partial charge in [0, 0.05) is 27.7 Å². The number of aromatic nitrogens is 1. The molecule has 3 aromatic rings. The number of ether oxygens (including phenoxy) is 2. The zero-order valence-electron chi connectivity index (χ0n) is 15.9. The molecule has 1 aliphatic rings. The minimum absolute atomic E-state index is 0.0194. The van der Waals surface area contributed by atoms with Crippen molar-refractivity contribution in [1.82, 2.24) is 9.88 Å². The van der Waals surface area contributed by atoms with E-state index < -0.39 is 0 Å². The lowest BCUT2D eigenvalue weighted by atomic mass is 10.0. The van der Waals surface area contributed by atoms with E-state index in [0.717, 1.165) is 27.8 Å². The van der Waals surface area contributed by atoms with E-state index in [2.05, 4.69) is 4.98 Å². The first kappa shape index (κ1) is 18.8. The van der Waals surface area contributed by atoms with Crippen LogP contribution in [-0.2, 0) is 16.0 Å². The summed E-state index contributed by atoms with van der Waals surface area (Å²) in [6, 6.07) is 13.5. The van der Waals surface area contributed by atoms with Crippen molar-refractivity contribution in [2.45, 2.75) is 25.5 Å². The number of fused-ring (bicyclic) bond motifs is 1. The number of hydrogen-bond donors (Lipinski definition) is 1. The van der Waals surface area contributed by atoms with Gasteiger partial charge in [0.15, 0.2) is 0 Å². The van der Waals surface area contributed by atoms with E-state index in [-0.39, 0.29) is 18.1 Å². The smallest absolute Gasteiger partial charge is 0.227 e. The number of methoxy groups -OCH3 is 1. The van der Waals surface area contributed by atoms with Gasteiger partial charge in [-0.3, -0.25) is 4.79 Å². The van der Waals surface area contributed by atoms with Crippen molar-refractivity contribution in [2.24, 2.45) is 0 Å². The molecular formula is C22H23ClN2O3. The molecule has 1 fully saturated rings. The average molecular weight is 399 g/mol. The molecule has 2 aromatic carbocycles. The Hall–Kier alpha value is -2.50. The van der Waals surface area contributed by atoms with Crippen LogP contribution in [0.15, 0.2) is 48.7 Å². The van der Waals surface area contributed by atoms with E-state index in [9.17, 15) is 4.79 Å². The fourth-order valence-electron chi connectivity index (χ4n) is 3.72. The van der Waals surface area contributed by atoms with E-state index in [1.165, 1.54) is 0 Å². The Morgan fingerprint density at radius 1 is 1.32 bits per heavy atom. The van der Waals surface area contributed by atoms with E-state index >= 15 is 0 Å². The maximum atomic E-state index is 13.1. The first-order valence-electron chi connectivity index (χ1n) is 9.36. The van der Waals surface area contributed by atoms with Gasteiger partial charge in [0.25, 0.3) is 0 Å². The molecule has 0 aliphatic carbocycles. The van der Waals surface area contributed by atoms with Crippen LogP contribution in [0.1, 0.15) is 24.2 Å². The number of halogens is 1. The molecule has 146 valence electrons. The molecule has 0 bridgehead atoms. The van der Waals surface area contributed by atoms with Crippen LogP contribution in [0.25, 0.3) is 10.9 Å². The lowest BCUT2D eigenvalue weighted by Crippen LogP contribution is -2.48. The van der Waals surface area contributed by atoms with Crippen LogP contribution in [0.2, 0.25) is 5.02 Å². The maximum Gasteiger partial charge on any atom is 0.227 e. The molecule has 2 atom stereocenters. The number of rotatable bonds is 4. The van der Waals surface area contributed by atoms with E-state index in [0.29, 0.717) is 24.6 Å². The average Bonchev–Trinajstić information content (AvgIpc) is 3.10. The number of nitrogens with zero attached hydrogens (tertiary/aromatic N) is 1. The molecule has 6 heteroatoms. The SMILES string of the molecule is COc1ccc2[nH]cc(CC(=O)N3CC(c4ccccc4Cl)OCC3C)c2c1. The Labute approximate surface area is 169 Å². The van der Waals surface area contributed by atoms with Crippen molar-refractivity contribution in [3.05, 3.63) is 64.8 Å². The second kappa shape index (κ2) is 7.86. The van der Waals surface area contributed by atoms with Crippen molar-refractivity contribution in [2.75, 3.05) is 20.3 Å². The van der Waals surface area contributed by atoms with Crippen molar-refractivity contribution >= 4 is 28.4 Å². The summed E-state index contributed by atoms with van der Waals surface area (Å²) in [5, 5.41) is 1.68. The van der Waals surface area contributed by atoms with Crippen LogP contribution in [-0.4, -0.2) is 42.1 Å². The summed E-state index contributed by atoms with van der Waals surface area (Å²) in [7, 11) is 1.64. The molecule has 1 saturated heterocycles. The molecule has 4 rings (SSSR count). The van der Waals surface area contributed by atoms with Crippen molar-refractivity contribution in [3.63, 3.8) is 0 Å². The fraction of sp³-hybridized carbons (Fsp3) is 0.318. The Bertz CT molecular complexity index is 1000. The third-order valence-corrected chi connectivity index (χ3v) is 5.67. The molecule has 0 spiro atoms. The third kappa shape index (κ3) is 3.60. The summed E-state index contributed by atoms with van der Waals surface area (Å²) in [6.45, 7) is 3.00. The van der Waals surface area contributed by atoms with Crippen LogP contribution >= 0.6 is 11.6 Å². The van der Waals surface area contributed by atoms with Crippen molar-refractivity contribution in [1.29, 1.82) is 0 Å². The largest absolute Gasteiger partial charge is 0.497 e. The summed E-state index contributed by atoms with van der Waals surface area (Å²) >= 11 is 6.33. The van der Waals surface area contributed by atoms with Crippen LogP contribution in [0.4, 0.5) is 0 Å². The lowest BCUT2D eigenvalue weighted by molar-refractivity contribution is -0.143. The quantitative estimate of drug-likeness (QED) is 0.710. The molecule has 2 heterocycles. The van der Waals surface area contributed by atoms with Crippen LogP contribution in [0.5, 0.6) is 5.75 Å². The van der Waals surface area contributed by atoms with E-state index in [4.69, 9.17) is 21.1 Å². The van der Waals surface area contributed by atoms with Gasteiger partial charge in [-0.1, -0.05) is 29.8 Å². The Balaban J connectivity index is 1.54. The minimum atomic E-state index is -0.211. The zero-order valence-corrected chi connectivity index (χ0v) is 16.7. The first-order chi connectivity index (χ1) is 13.6. The van der Waals surface area contributed by atoms with E-state index in [1.807, 2.05) is 60.5 Å². The van der Waals surface area contributed by atoms with Crippen molar-refractivity contribution < 1.29 is 14.3 Å². The molecule has 5 nitrogen and oxygen atoms in total. The number of carbonyl (C=O) groups is 1. The number of morpholine rings is 1. The van der Waals surface area contributed by atoms with Gasteiger partial charge in [0.05, 0.1) is 32.7 Å². The minimum Gasteiger partial charge on any atom is -0.497 e. The molecule has 1 aliphatic heterocycles. The first-order valence-corrected chi connectivity index (χ1v) is 9.74. The number of carbonyl (C=O) groups excluding carboxylic acids is 1. The highest BCUT2D eigenvalue weighted by Crippen LogP contribution is 2.31. The van der Waals surface area contributed by atoms with Gasteiger partial charge in [0.2, 0.25) is 5.91 Å². The van der Waals surface area contributed by atoms with Gasteiger partial charge < -0.3 is 19.4 Å². The van der Waals surface area contributed by atoms with Gasteiger partial charge in [-0.05, 0) is 36.8 Å². The predicted octanol–water partition coefficient (Wildman–Crippen LogP) is 4.36. The van der Waals surface area contributed by atoms with Gasteiger partial charge >= 0.3 is 0 Å². The number of hydrogen-bond acceptors (Lipinski definition) is 3. The number of benzene rings is 2. The molecular weight excluding hydrogens is 376 g/mol. The number of nitrogens with one attached hydrogen (secondary N) is 1. The molecule has 1 aromatic heterocycles. The molecule has 2 unspecified atom stereocenters. The Morgan fingerprint density at radius 3 is 2.93 bits per heavy atom. The summed E-state index contributed by atoms with van der Waals surface area (Å²) < 4.78 is 11.3.